The molecule has 9 heteroatoms. The standard InChI is InChI=1S/C19H29N5O3S/c1-14(2)28(25,26)23-8-6-16(7-9-23)19-21-20-18-13-22(10-11-24(18)19)12-17-5-4-15(3)27-17/h4-5,14,16H,6-13H2,1-3H3. The number of nitrogens with zero attached hydrogens (tertiary/aromatic N) is 5. The van der Waals surface area contributed by atoms with Crippen molar-refractivity contribution in [1.29, 1.82) is 0 Å². The van der Waals surface area contributed by atoms with E-state index < -0.39 is 10.0 Å². The van der Waals surface area contributed by atoms with Crippen molar-refractivity contribution in [2.45, 2.75) is 64.4 Å². The van der Waals surface area contributed by atoms with E-state index in [4.69, 9.17) is 4.42 Å². The van der Waals surface area contributed by atoms with E-state index in [-0.39, 0.29) is 11.2 Å². The van der Waals surface area contributed by atoms with Crippen LogP contribution in [0.4, 0.5) is 0 Å². The molecule has 2 aromatic heterocycles. The van der Waals surface area contributed by atoms with Crippen LogP contribution in [0.15, 0.2) is 16.5 Å². The number of aryl methyl sites for hydroxylation is 1. The van der Waals surface area contributed by atoms with Gasteiger partial charge in [-0.1, -0.05) is 0 Å². The highest BCUT2D eigenvalue weighted by Gasteiger charge is 2.33. The second-order valence-corrected chi connectivity index (χ2v) is 10.6. The number of hydrogen-bond donors (Lipinski definition) is 0. The van der Waals surface area contributed by atoms with Crippen molar-refractivity contribution in [2.75, 3.05) is 19.6 Å². The van der Waals surface area contributed by atoms with E-state index in [1.807, 2.05) is 19.1 Å². The number of aromatic nitrogens is 3. The SMILES string of the molecule is Cc1ccc(CN2CCn3c(nnc3C3CCN(S(=O)(=O)C(C)C)CC3)C2)o1. The fourth-order valence-corrected chi connectivity index (χ4v) is 5.44. The van der Waals surface area contributed by atoms with Crippen LogP contribution in [0.3, 0.4) is 0 Å². The first-order valence-electron chi connectivity index (χ1n) is 10.0. The summed E-state index contributed by atoms with van der Waals surface area (Å²) < 4.78 is 34.3. The molecule has 0 aliphatic carbocycles. The fourth-order valence-electron chi connectivity index (χ4n) is 4.12. The molecule has 1 fully saturated rings. The summed E-state index contributed by atoms with van der Waals surface area (Å²) in [6.07, 6.45) is 1.61. The van der Waals surface area contributed by atoms with Crippen molar-refractivity contribution >= 4 is 10.0 Å². The summed E-state index contributed by atoms with van der Waals surface area (Å²) in [5.41, 5.74) is 0. The molecule has 0 radical (unpaired) electrons. The number of sulfonamides is 1. The summed E-state index contributed by atoms with van der Waals surface area (Å²) in [6.45, 7) is 9.91. The van der Waals surface area contributed by atoms with Crippen molar-refractivity contribution < 1.29 is 12.8 Å². The number of furan rings is 1. The minimum Gasteiger partial charge on any atom is -0.465 e. The molecule has 1 saturated heterocycles. The van der Waals surface area contributed by atoms with Gasteiger partial charge < -0.3 is 8.98 Å². The van der Waals surface area contributed by atoms with Gasteiger partial charge in [0.2, 0.25) is 10.0 Å². The van der Waals surface area contributed by atoms with Gasteiger partial charge in [0.1, 0.15) is 23.2 Å². The molecule has 0 bridgehead atoms. The van der Waals surface area contributed by atoms with Crippen LogP contribution >= 0.6 is 0 Å². The van der Waals surface area contributed by atoms with Crippen LogP contribution in [-0.4, -0.2) is 57.3 Å². The first-order valence-corrected chi connectivity index (χ1v) is 11.5. The summed E-state index contributed by atoms with van der Waals surface area (Å²) in [6, 6.07) is 4.02. The van der Waals surface area contributed by atoms with Crippen LogP contribution in [0.25, 0.3) is 0 Å². The van der Waals surface area contributed by atoms with Gasteiger partial charge in [0.05, 0.1) is 18.3 Å². The van der Waals surface area contributed by atoms with Gasteiger partial charge in [0, 0.05) is 32.1 Å². The Hall–Kier alpha value is -1.71. The number of piperidine rings is 1. The zero-order valence-corrected chi connectivity index (χ0v) is 17.7. The van der Waals surface area contributed by atoms with E-state index in [1.165, 1.54) is 0 Å². The van der Waals surface area contributed by atoms with Crippen LogP contribution < -0.4 is 0 Å². The Morgan fingerprint density at radius 1 is 1.14 bits per heavy atom. The zero-order valence-electron chi connectivity index (χ0n) is 16.8. The van der Waals surface area contributed by atoms with E-state index in [2.05, 4.69) is 19.7 Å². The molecule has 0 atom stereocenters. The molecule has 0 aromatic carbocycles. The lowest BCUT2D eigenvalue weighted by atomic mass is 9.97. The molecule has 2 aromatic rings. The predicted molar refractivity (Wildman–Crippen MR) is 105 cm³/mol. The average molecular weight is 408 g/mol. The van der Waals surface area contributed by atoms with Crippen LogP contribution in [-0.2, 0) is 29.7 Å². The molecule has 4 heterocycles. The highest BCUT2D eigenvalue weighted by Crippen LogP contribution is 2.30. The molecule has 2 aliphatic rings. The second-order valence-electron chi connectivity index (χ2n) is 8.12. The first kappa shape index (κ1) is 19.6. The number of fused-ring (bicyclic) bond motifs is 1. The normalized spacial score (nSPS) is 20.0. The van der Waals surface area contributed by atoms with Gasteiger partial charge >= 0.3 is 0 Å². The average Bonchev–Trinajstić information content (AvgIpc) is 3.27. The Morgan fingerprint density at radius 2 is 1.89 bits per heavy atom. The molecule has 0 saturated carbocycles. The topological polar surface area (TPSA) is 84.5 Å². The minimum absolute atomic E-state index is 0.277. The smallest absolute Gasteiger partial charge is 0.216 e. The lowest BCUT2D eigenvalue weighted by Crippen LogP contribution is -2.42. The summed E-state index contributed by atoms with van der Waals surface area (Å²) in [5.74, 6) is 4.19. The molecule has 28 heavy (non-hydrogen) atoms. The van der Waals surface area contributed by atoms with E-state index in [9.17, 15) is 8.42 Å². The van der Waals surface area contributed by atoms with Crippen molar-refractivity contribution in [2.24, 2.45) is 0 Å². The minimum atomic E-state index is -3.17. The predicted octanol–water partition coefficient (Wildman–Crippen LogP) is 2.11. The third-order valence-electron chi connectivity index (χ3n) is 5.81. The third kappa shape index (κ3) is 3.75. The monoisotopic (exact) mass is 407 g/mol. The summed E-state index contributed by atoms with van der Waals surface area (Å²) >= 11 is 0. The Labute approximate surface area is 166 Å². The van der Waals surface area contributed by atoms with Gasteiger partial charge in [-0.15, -0.1) is 10.2 Å². The molecule has 0 unspecified atom stereocenters. The maximum Gasteiger partial charge on any atom is 0.216 e. The third-order valence-corrected chi connectivity index (χ3v) is 8.09. The van der Waals surface area contributed by atoms with Gasteiger partial charge in [-0.05, 0) is 45.7 Å². The quantitative estimate of drug-likeness (QED) is 0.755. The van der Waals surface area contributed by atoms with Crippen molar-refractivity contribution in [3.05, 3.63) is 35.3 Å². The molecule has 8 nitrogen and oxygen atoms in total. The molecule has 154 valence electrons. The van der Waals surface area contributed by atoms with Crippen molar-refractivity contribution in [3.63, 3.8) is 0 Å². The second kappa shape index (κ2) is 7.61. The number of hydrogen-bond acceptors (Lipinski definition) is 6. The lowest BCUT2D eigenvalue weighted by molar-refractivity contribution is 0.189. The molecular weight excluding hydrogens is 378 g/mol. The van der Waals surface area contributed by atoms with Crippen LogP contribution in [0.5, 0.6) is 0 Å². The highest BCUT2D eigenvalue weighted by molar-refractivity contribution is 7.89. The van der Waals surface area contributed by atoms with E-state index >= 15 is 0 Å². The van der Waals surface area contributed by atoms with E-state index in [0.717, 1.165) is 62.2 Å². The largest absolute Gasteiger partial charge is 0.465 e. The Balaban J connectivity index is 1.40. The molecule has 0 N–H and O–H groups in total. The summed E-state index contributed by atoms with van der Waals surface area (Å²) in [4.78, 5) is 2.32. The Bertz CT molecular complexity index is 925. The van der Waals surface area contributed by atoms with E-state index in [1.54, 1.807) is 18.2 Å². The summed E-state index contributed by atoms with van der Waals surface area (Å²) in [5, 5.41) is 8.55. The molecule has 4 rings (SSSR count). The van der Waals surface area contributed by atoms with Gasteiger partial charge in [0.25, 0.3) is 0 Å². The zero-order chi connectivity index (χ0) is 19.9. The van der Waals surface area contributed by atoms with Crippen LogP contribution in [0.1, 0.15) is 55.8 Å². The molecule has 2 aliphatic heterocycles. The van der Waals surface area contributed by atoms with Gasteiger partial charge in [-0.25, -0.2) is 12.7 Å². The lowest BCUT2D eigenvalue weighted by Gasteiger charge is -2.33. The maximum absolute atomic E-state index is 12.4. The van der Waals surface area contributed by atoms with Gasteiger partial charge in [-0.3, -0.25) is 4.90 Å². The maximum atomic E-state index is 12.4. The van der Waals surface area contributed by atoms with Gasteiger partial charge in [-0.2, -0.15) is 0 Å². The first-order chi connectivity index (χ1) is 13.3. The number of rotatable bonds is 5. The van der Waals surface area contributed by atoms with Crippen molar-refractivity contribution in [1.82, 2.24) is 24.0 Å². The van der Waals surface area contributed by atoms with E-state index in [0.29, 0.717) is 13.1 Å². The molecular formula is C19H29N5O3S. The van der Waals surface area contributed by atoms with Crippen LogP contribution in [0, 0.1) is 6.92 Å². The highest BCUT2D eigenvalue weighted by atomic mass is 32.2. The summed E-state index contributed by atoms with van der Waals surface area (Å²) in [7, 11) is -3.17. The Kier molecular flexibility index (Phi) is 5.32. The van der Waals surface area contributed by atoms with Crippen molar-refractivity contribution in [3.8, 4) is 0 Å². The van der Waals surface area contributed by atoms with Crippen LogP contribution in [0.2, 0.25) is 0 Å². The fraction of sp³-hybridized carbons (Fsp3) is 0.684. The van der Waals surface area contributed by atoms with Gasteiger partial charge in [0.15, 0.2) is 0 Å². The Morgan fingerprint density at radius 3 is 2.54 bits per heavy atom. The molecule has 0 spiro atoms. The molecule has 0 amide bonds.